The average Bonchev–Trinajstić information content (AvgIpc) is 3.14. The summed E-state index contributed by atoms with van der Waals surface area (Å²) in [6.45, 7) is 3.08. The van der Waals surface area contributed by atoms with Crippen LogP contribution in [0.2, 0.25) is 0 Å². The van der Waals surface area contributed by atoms with Gasteiger partial charge in [-0.15, -0.1) is 11.3 Å². The number of nitriles is 1. The SMILES string of the molecule is COCCN(CCOC)S(=O)(=O)c1ccc(C(=O)Nc2sc3c(c2C#N)C[C@H](C)CC3)cc1. The van der Waals surface area contributed by atoms with Crippen molar-refractivity contribution in [3.8, 4) is 6.07 Å². The zero-order chi connectivity index (χ0) is 24.0. The standard InChI is InChI=1S/C23H29N3O5S2/c1-16-4-9-21-19(14-16)20(15-24)23(32-21)25-22(27)17-5-7-18(8-6-17)33(28,29)26(10-12-30-2)11-13-31-3/h5-8,16H,4,9-14H2,1-3H3,(H,25,27)/t16-/m1/s1. The Morgan fingerprint density at radius 1 is 1.21 bits per heavy atom. The molecule has 8 nitrogen and oxygen atoms in total. The molecule has 0 saturated heterocycles. The molecule has 33 heavy (non-hydrogen) atoms. The maximum absolute atomic E-state index is 13.0. The van der Waals surface area contributed by atoms with Gasteiger partial charge < -0.3 is 14.8 Å². The van der Waals surface area contributed by atoms with E-state index in [9.17, 15) is 18.5 Å². The van der Waals surface area contributed by atoms with Gasteiger partial charge in [-0.25, -0.2) is 8.42 Å². The molecule has 0 spiro atoms. The second-order valence-electron chi connectivity index (χ2n) is 8.04. The summed E-state index contributed by atoms with van der Waals surface area (Å²) in [7, 11) is -0.743. The van der Waals surface area contributed by atoms with Gasteiger partial charge in [-0.2, -0.15) is 9.57 Å². The quantitative estimate of drug-likeness (QED) is 0.546. The lowest BCUT2D eigenvalue weighted by atomic mass is 9.88. The molecule has 0 radical (unpaired) electrons. The number of carbonyl (C=O) groups excluding carboxylic acids is 1. The predicted molar refractivity (Wildman–Crippen MR) is 127 cm³/mol. The number of ether oxygens (including phenoxy) is 2. The van der Waals surface area contributed by atoms with Crippen molar-refractivity contribution >= 4 is 32.3 Å². The average molecular weight is 492 g/mol. The molecular formula is C23H29N3O5S2. The Bertz CT molecular complexity index is 1110. The molecule has 0 unspecified atom stereocenters. The number of fused-ring (bicyclic) bond motifs is 1. The van der Waals surface area contributed by atoms with Gasteiger partial charge in [0.05, 0.1) is 23.7 Å². The van der Waals surface area contributed by atoms with Gasteiger partial charge in [-0.3, -0.25) is 4.79 Å². The number of hydrogen-bond donors (Lipinski definition) is 1. The van der Waals surface area contributed by atoms with Crippen LogP contribution >= 0.6 is 11.3 Å². The molecule has 0 saturated carbocycles. The third-order valence-electron chi connectivity index (χ3n) is 5.69. The summed E-state index contributed by atoms with van der Waals surface area (Å²) in [5.41, 5.74) is 1.91. The van der Waals surface area contributed by atoms with E-state index in [0.29, 0.717) is 22.0 Å². The van der Waals surface area contributed by atoms with Crippen LogP contribution in [0.1, 0.15) is 39.7 Å². The molecule has 1 N–H and O–H groups in total. The summed E-state index contributed by atoms with van der Waals surface area (Å²) in [6, 6.07) is 8.05. The van der Waals surface area contributed by atoms with Crippen LogP contribution in [0.15, 0.2) is 29.2 Å². The Labute approximate surface area is 199 Å². The number of amides is 1. The molecule has 3 rings (SSSR count). The molecule has 1 aromatic heterocycles. The predicted octanol–water partition coefficient (Wildman–Crippen LogP) is 3.28. The number of hydrogen-bond acceptors (Lipinski definition) is 7. The first-order valence-electron chi connectivity index (χ1n) is 10.8. The molecular weight excluding hydrogens is 462 g/mol. The van der Waals surface area contributed by atoms with E-state index in [1.807, 2.05) is 0 Å². The summed E-state index contributed by atoms with van der Waals surface area (Å²) in [5, 5.41) is 13.1. The second kappa shape index (κ2) is 11.2. The molecule has 10 heteroatoms. The van der Waals surface area contributed by atoms with Gasteiger partial charge in [-0.1, -0.05) is 6.92 Å². The van der Waals surface area contributed by atoms with Crippen molar-refractivity contribution in [2.45, 2.75) is 31.1 Å². The molecule has 1 heterocycles. The summed E-state index contributed by atoms with van der Waals surface area (Å²) >= 11 is 1.46. The summed E-state index contributed by atoms with van der Waals surface area (Å²) in [6.07, 6.45) is 2.84. The number of anilines is 1. The lowest BCUT2D eigenvalue weighted by Gasteiger charge is -2.21. The van der Waals surface area contributed by atoms with Crippen LogP contribution in [-0.4, -0.2) is 59.2 Å². The van der Waals surface area contributed by atoms with Gasteiger partial charge in [0.15, 0.2) is 0 Å². The van der Waals surface area contributed by atoms with E-state index in [1.54, 1.807) is 0 Å². The van der Waals surface area contributed by atoms with Crippen molar-refractivity contribution in [3.63, 3.8) is 0 Å². The van der Waals surface area contributed by atoms with Crippen LogP contribution in [0.4, 0.5) is 5.00 Å². The normalized spacial score (nSPS) is 15.8. The van der Waals surface area contributed by atoms with Crippen molar-refractivity contribution in [1.82, 2.24) is 4.31 Å². The Kier molecular flexibility index (Phi) is 8.62. The van der Waals surface area contributed by atoms with Crippen LogP contribution in [0.5, 0.6) is 0 Å². The molecule has 0 bridgehead atoms. The van der Waals surface area contributed by atoms with Crippen LogP contribution in [0, 0.1) is 17.2 Å². The van der Waals surface area contributed by atoms with Crippen molar-refractivity contribution < 1.29 is 22.7 Å². The smallest absolute Gasteiger partial charge is 0.256 e. The van der Waals surface area contributed by atoms with Crippen molar-refractivity contribution in [3.05, 3.63) is 45.8 Å². The van der Waals surface area contributed by atoms with Crippen molar-refractivity contribution in [2.24, 2.45) is 5.92 Å². The van der Waals surface area contributed by atoms with Gasteiger partial charge in [0.1, 0.15) is 11.1 Å². The summed E-state index contributed by atoms with van der Waals surface area (Å²) in [5.74, 6) is 0.141. The van der Waals surface area contributed by atoms with E-state index in [0.717, 1.165) is 29.7 Å². The Morgan fingerprint density at radius 3 is 2.42 bits per heavy atom. The zero-order valence-corrected chi connectivity index (χ0v) is 20.7. The topological polar surface area (TPSA) is 109 Å². The highest BCUT2D eigenvalue weighted by atomic mass is 32.2. The largest absolute Gasteiger partial charge is 0.383 e. The van der Waals surface area contributed by atoms with E-state index >= 15 is 0 Å². The molecule has 1 aliphatic rings. The molecule has 178 valence electrons. The van der Waals surface area contributed by atoms with Crippen LogP contribution in [0.25, 0.3) is 0 Å². The number of sulfonamides is 1. The lowest BCUT2D eigenvalue weighted by Crippen LogP contribution is -2.36. The van der Waals surface area contributed by atoms with E-state index in [2.05, 4.69) is 18.3 Å². The van der Waals surface area contributed by atoms with Crippen molar-refractivity contribution in [1.29, 1.82) is 5.26 Å². The highest BCUT2D eigenvalue weighted by Crippen LogP contribution is 2.39. The fraction of sp³-hybridized carbons (Fsp3) is 0.478. The van der Waals surface area contributed by atoms with E-state index in [-0.39, 0.29) is 37.1 Å². The monoisotopic (exact) mass is 491 g/mol. The number of benzene rings is 1. The van der Waals surface area contributed by atoms with Gasteiger partial charge in [0.25, 0.3) is 5.91 Å². The first-order valence-corrected chi connectivity index (χ1v) is 13.0. The molecule has 1 aromatic carbocycles. The Morgan fingerprint density at radius 2 is 1.85 bits per heavy atom. The molecule has 1 atom stereocenters. The number of aryl methyl sites for hydroxylation is 1. The van der Waals surface area contributed by atoms with Crippen LogP contribution < -0.4 is 5.32 Å². The molecule has 1 aliphatic carbocycles. The van der Waals surface area contributed by atoms with Gasteiger partial charge in [0.2, 0.25) is 10.0 Å². The molecule has 2 aromatic rings. The zero-order valence-electron chi connectivity index (χ0n) is 19.1. The third-order valence-corrected chi connectivity index (χ3v) is 8.81. The number of rotatable bonds is 10. The molecule has 1 amide bonds. The lowest BCUT2D eigenvalue weighted by molar-refractivity contribution is 0.102. The Hall–Kier alpha value is -2.29. The number of thiophene rings is 1. The number of methoxy groups -OCH3 is 2. The number of nitrogens with one attached hydrogen (secondary N) is 1. The first kappa shape index (κ1) is 25.3. The minimum Gasteiger partial charge on any atom is -0.383 e. The molecule has 0 aliphatic heterocycles. The van der Waals surface area contributed by atoms with E-state index < -0.39 is 10.0 Å². The number of carbonyl (C=O) groups is 1. The second-order valence-corrected chi connectivity index (χ2v) is 11.1. The third kappa shape index (κ3) is 5.80. The van der Waals surface area contributed by atoms with Crippen LogP contribution in [0.3, 0.4) is 0 Å². The highest BCUT2D eigenvalue weighted by Gasteiger charge is 2.26. The number of nitrogens with zero attached hydrogens (tertiary/aromatic N) is 2. The maximum atomic E-state index is 13.0. The van der Waals surface area contributed by atoms with Gasteiger partial charge in [0, 0.05) is 37.7 Å². The summed E-state index contributed by atoms with van der Waals surface area (Å²) < 4.78 is 37.4. The van der Waals surface area contributed by atoms with Crippen molar-refractivity contribution in [2.75, 3.05) is 45.8 Å². The minimum atomic E-state index is -3.76. The van der Waals surface area contributed by atoms with Gasteiger partial charge in [-0.05, 0) is 55.0 Å². The fourth-order valence-electron chi connectivity index (χ4n) is 3.81. The van der Waals surface area contributed by atoms with Gasteiger partial charge >= 0.3 is 0 Å². The van der Waals surface area contributed by atoms with E-state index in [4.69, 9.17) is 9.47 Å². The molecule has 0 fully saturated rings. The van der Waals surface area contributed by atoms with E-state index in [1.165, 1.54) is 54.1 Å². The minimum absolute atomic E-state index is 0.0875. The maximum Gasteiger partial charge on any atom is 0.256 e. The fourth-order valence-corrected chi connectivity index (χ4v) is 6.40. The Balaban J connectivity index is 1.77. The highest BCUT2D eigenvalue weighted by molar-refractivity contribution is 7.89. The first-order chi connectivity index (χ1) is 15.8. The van der Waals surface area contributed by atoms with Crippen LogP contribution in [-0.2, 0) is 32.3 Å². The summed E-state index contributed by atoms with van der Waals surface area (Å²) in [4.78, 5) is 14.1.